The third-order valence-corrected chi connectivity index (χ3v) is 5.64. The summed E-state index contributed by atoms with van der Waals surface area (Å²) in [5.74, 6) is -0.261. The van der Waals surface area contributed by atoms with Crippen LogP contribution in [0.15, 0.2) is 66.2 Å². The highest BCUT2D eigenvalue weighted by Gasteiger charge is 2.12. The Bertz CT molecular complexity index is 1160. The van der Waals surface area contributed by atoms with Crippen molar-refractivity contribution in [3.05, 3.63) is 82.2 Å². The first-order chi connectivity index (χ1) is 14.1. The number of hydrogen-bond donors (Lipinski definition) is 3. The molecule has 0 saturated heterocycles. The monoisotopic (exact) mass is 403 g/mol. The molecule has 2 amide bonds. The lowest BCUT2D eigenvalue weighted by molar-refractivity contribution is -0.115. The van der Waals surface area contributed by atoms with Crippen molar-refractivity contribution >= 4 is 45.4 Å². The van der Waals surface area contributed by atoms with Crippen molar-refractivity contribution in [2.75, 3.05) is 10.6 Å². The maximum atomic E-state index is 12.6. The highest BCUT2D eigenvalue weighted by molar-refractivity contribution is 7.12. The number of carbonyl (C=O) groups is 2. The fraction of sp³-hybridized carbons (Fsp3) is 0.130. The molecule has 4 aromatic rings. The molecule has 0 radical (unpaired) electrons. The Kier molecular flexibility index (Phi) is 5.44. The molecule has 4 rings (SSSR count). The number of anilines is 2. The number of aromatic nitrogens is 1. The van der Waals surface area contributed by atoms with Crippen molar-refractivity contribution in [3.8, 4) is 0 Å². The predicted molar refractivity (Wildman–Crippen MR) is 119 cm³/mol. The molecule has 0 atom stereocenters. The van der Waals surface area contributed by atoms with Gasteiger partial charge in [-0.1, -0.05) is 37.3 Å². The van der Waals surface area contributed by atoms with E-state index in [0.717, 1.165) is 22.9 Å². The summed E-state index contributed by atoms with van der Waals surface area (Å²) >= 11 is 1.39. The number of thiophene rings is 1. The summed E-state index contributed by atoms with van der Waals surface area (Å²) in [5, 5.41) is 8.72. The third kappa shape index (κ3) is 4.22. The van der Waals surface area contributed by atoms with Crippen LogP contribution in [-0.2, 0) is 17.6 Å². The van der Waals surface area contributed by atoms with E-state index in [0.29, 0.717) is 16.3 Å². The molecule has 5 nitrogen and oxygen atoms in total. The summed E-state index contributed by atoms with van der Waals surface area (Å²) in [4.78, 5) is 28.7. The summed E-state index contributed by atoms with van der Waals surface area (Å²) < 4.78 is 0. The van der Waals surface area contributed by atoms with Gasteiger partial charge in [-0.3, -0.25) is 9.59 Å². The van der Waals surface area contributed by atoms with Crippen molar-refractivity contribution in [2.24, 2.45) is 0 Å². The number of aromatic amines is 1. The van der Waals surface area contributed by atoms with Crippen LogP contribution >= 0.6 is 11.3 Å². The van der Waals surface area contributed by atoms with Crippen LogP contribution < -0.4 is 10.6 Å². The number of rotatable bonds is 6. The van der Waals surface area contributed by atoms with Crippen LogP contribution in [0, 0.1) is 0 Å². The summed E-state index contributed by atoms with van der Waals surface area (Å²) in [7, 11) is 0. The molecule has 0 unspecified atom stereocenters. The highest BCUT2D eigenvalue weighted by Crippen LogP contribution is 2.23. The molecule has 0 saturated carbocycles. The van der Waals surface area contributed by atoms with E-state index in [2.05, 4.69) is 28.6 Å². The zero-order chi connectivity index (χ0) is 20.2. The van der Waals surface area contributed by atoms with Gasteiger partial charge in [0, 0.05) is 28.5 Å². The first-order valence-electron chi connectivity index (χ1n) is 9.46. The number of hydrogen-bond acceptors (Lipinski definition) is 3. The Labute approximate surface area is 172 Å². The van der Waals surface area contributed by atoms with E-state index >= 15 is 0 Å². The Morgan fingerprint density at radius 2 is 1.76 bits per heavy atom. The lowest BCUT2D eigenvalue weighted by Crippen LogP contribution is -2.15. The molecule has 6 heteroatoms. The van der Waals surface area contributed by atoms with Gasteiger partial charge in [-0.15, -0.1) is 11.3 Å². The van der Waals surface area contributed by atoms with Gasteiger partial charge < -0.3 is 15.6 Å². The van der Waals surface area contributed by atoms with Crippen LogP contribution in [0.3, 0.4) is 0 Å². The van der Waals surface area contributed by atoms with Crippen LogP contribution in [0.4, 0.5) is 11.4 Å². The third-order valence-electron chi connectivity index (χ3n) is 4.77. The Morgan fingerprint density at radius 3 is 2.52 bits per heavy atom. The second-order valence-electron chi connectivity index (χ2n) is 6.74. The van der Waals surface area contributed by atoms with Gasteiger partial charge in [-0.05, 0) is 47.2 Å². The Hall–Kier alpha value is -3.38. The topological polar surface area (TPSA) is 74.0 Å². The largest absolute Gasteiger partial charge is 0.361 e. The summed E-state index contributed by atoms with van der Waals surface area (Å²) in [6, 6.07) is 16.9. The second kappa shape index (κ2) is 8.32. The molecule has 0 spiro atoms. The van der Waals surface area contributed by atoms with E-state index in [9.17, 15) is 9.59 Å². The van der Waals surface area contributed by atoms with Crippen molar-refractivity contribution in [1.29, 1.82) is 0 Å². The Balaban J connectivity index is 1.44. The fourth-order valence-electron chi connectivity index (χ4n) is 3.37. The highest BCUT2D eigenvalue weighted by atomic mass is 32.1. The lowest BCUT2D eigenvalue weighted by atomic mass is 10.1. The molecule has 0 aliphatic heterocycles. The summed E-state index contributed by atoms with van der Waals surface area (Å²) in [5.41, 5.74) is 4.59. The van der Waals surface area contributed by atoms with Crippen LogP contribution in [-0.4, -0.2) is 16.8 Å². The molecular formula is C23H21N3O2S. The Morgan fingerprint density at radius 1 is 0.966 bits per heavy atom. The number of carbonyl (C=O) groups excluding carboxylic acids is 2. The van der Waals surface area contributed by atoms with Crippen molar-refractivity contribution in [1.82, 2.24) is 4.98 Å². The van der Waals surface area contributed by atoms with Crippen molar-refractivity contribution in [3.63, 3.8) is 0 Å². The van der Waals surface area contributed by atoms with Gasteiger partial charge in [0.05, 0.1) is 11.3 Å². The van der Waals surface area contributed by atoms with E-state index in [1.165, 1.54) is 16.9 Å². The van der Waals surface area contributed by atoms with E-state index < -0.39 is 0 Å². The van der Waals surface area contributed by atoms with E-state index in [1.807, 2.05) is 35.8 Å². The van der Waals surface area contributed by atoms with Gasteiger partial charge in [0.25, 0.3) is 5.91 Å². The molecule has 2 heterocycles. The molecule has 29 heavy (non-hydrogen) atoms. The van der Waals surface area contributed by atoms with Crippen LogP contribution in [0.5, 0.6) is 0 Å². The van der Waals surface area contributed by atoms with Crippen LogP contribution in [0.25, 0.3) is 10.9 Å². The SMILES string of the molecule is CCc1cccc2c(CC(=O)Nc3cccc(NC(=O)c4cccs4)c3)c[nH]c12. The molecule has 0 aliphatic carbocycles. The van der Waals surface area contributed by atoms with Gasteiger partial charge in [-0.25, -0.2) is 0 Å². The summed E-state index contributed by atoms with van der Waals surface area (Å²) in [6.07, 6.45) is 3.12. The maximum absolute atomic E-state index is 12.6. The standard InChI is InChI=1S/C23H21N3O2S/c1-2-15-6-3-9-19-16(14-24-22(15)19)12-21(27)25-17-7-4-8-18(13-17)26-23(28)20-10-5-11-29-20/h3-11,13-14,24H,2,12H2,1H3,(H,25,27)(H,26,28). The predicted octanol–water partition coefficient (Wildman–Crippen LogP) is 5.23. The number of para-hydroxylation sites is 1. The quantitative estimate of drug-likeness (QED) is 0.413. The lowest BCUT2D eigenvalue weighted by Gasteiger charge is -2.08. The number of H-pyrrole nitrogens is 1. The number of amides is 2. The average molecular weight is 404 g/mol. The average Bonchev–Trinajstić information content (AvgIpc) is 3.39. The molecule has 146 valence electrons. The van der Waals surface area contributed by atoms with Gasteiger partial charge in [0.1, 0.15) is 0 Å². The molecule has 2 aromatic carbocycles. The number of aryl methyl sites for hydroxylation is 1. The van der Waals surface area contributed by atoms with E-state index in [4.69, 9.17) is 0 Å². The zero-order valence-corrected chi connectivity index (χ0v) is 16.8. The zero-order valence-electron chi connectivity index (χ0n) is 16.0. The van der Waals surface area contributed by atoms with Crippen molar-refractivity contribution in [2.45, 2.75) is 19.8 Å². The molecule has 2 aromatic heterocycles. The first kappa shape index (κ1) is 19.0. The van der Waals surface area contributed by atoms with Crippen molar-refractivity contribution < 1.29 is 9.59 Å². The first-order valence-corrected chi connectivity index (χ1v) is 10.3. The van der Waals surface area contributed by atoms with Gasteiger partial charge >= 0.3 is 0 Å². The minimum atomic E-state index is -0.158. The molecule has 0 aliphatic rings. The van der Waals surface area contributed by atoms with Gasteiger partial charge in [0.15, 0.2) is 0 Å². The van der Waals surface area contributed by atoms with Crippen LogP contribution in [0.2, 0.25) is 0 Å². The second-order valence-corrected chi connectivity index (χ2v) is 7.69. The molecule has 0 bridgehead atoms. The molecule has 3 N–H and O–H groups in total. The van der Waals surface area contributed by atoms with E-state index in [1.54, 1.807) is 24.3 Å². The fourth-order valence-corrected chi connectivity index (χ4v) is 3.99. The minimum absolute atomic E-state index is 0.102. The van der Waals surface area contributed by atoms with Gasteiger partial charge in [-0.2, -0.15) is 0 Å². The number of fused-ring (bicyclic) bond motifs is 1. The molecular weight excluding hydrogens is 382 g/mol. The summed E-state index contributed by atoms with van der Waals surface area (Å²) in [6.45, 7) is 2.12. The number of benzene rings is 2. The van der Waals surface area contributed by atoms with Crippen LogP contribution in [0.1, 0.15) is 27.7 Å². The normalized spacial score (nSPS) is 10.8. The van der Waals surface area contributed by atoms with Gasteiger partial charge in [0.2, 0.25) is 5.91 Å². The maximum Gasteiger partial charge on any atom is 0.265 e. The minimum Gasteiger partial charge on any atom is -0.361 e. The smallest absolute Gasteiger partial charge is 0.265 e. The number of nitrogens with one attached hydrogen (secondary N) is 3. The molecule has 0 fully saturated rings. The van der Waals surface area contributed by atoms with E-state index in [-0.39, 0.29) is 18.2 Å².